The van der Waals surface area contributed by atoms with E-state index in [9.17, 15) is 0 Å². The van der Waals surface area contributed by atoms with Crippen molar-refractivity contribution in [3.05, 3.63) is 28.6 Å². The Balaban J connectivity index is 2.73. The molecule has 0 aliphatic rings. The third kappa shape index (κ3) is 1.39. The highest BCUT2D eigenvalue weighted by molar-refractivity contribution is 9.10. The molecule has 2 aromatic rings. The summed E-state index contributed by atoms with van der Waals surface area (Å²) in [5.41, 5.74) is 8.39. The molecule has 3 nitrogen and oxygen atoms in total. The fourth-order valence-corrected chi connectivity index (χ4v) is 2.26. The molecule has 14 heavy (non-hydrogen) atoms. The minimum atomic E-state index is 0.408. The molecule has 0 aliphatic carbocycles. The molecule has 2 rings (SSSR count). The Morgan fingerprint density at radius 2 is 2.21 bits per heavy atom. The molecule has 0 radical (unpaired) electrons. The van der Waals surface area contributed by atoms with Crippen molar-refractivity contribution in [2.75, 3.05) is 5.73 Å². The van der Waals surface area contributed by atoms with Gasteiger partial charge in [0.2, 0.25) is 0 Å². The van der Waals surface area contributed by atoms with Crippen LogP contribution in [0.3, 0.4) is 0 Å². The van der Waals surface area contributed by atoms with Crippen LogP contribution >= 0.6 is 15.9 Å². The zero-order valence-corrected chi connectivity index (χ0v) is 9.75. The summed E-state index contributed by atoms with van der Waals surface area (Å²) in [7, 11) is 0. The minimum absolute atomic E-state index is 0.408. The number of hydrogen-bond acceptors (Lipinski definition) is 2. The monoisotopic (exact) mass is 253 g/mol. The van der Waals surface area contributed by atoms with Gasteiger partial charge in [0.05, 0.1) is 5.69 Å². The second-order valence-corrected chi connectivity index (χ2v) is 4.38. The first-order valence-electron chi connectivity index (χ1n) is 4.52. The minimum Gasteiger partial charge on any atom is -0.399 e. The van der Waals surface area contributed by atoms with E-state index in [0.29, 0.717) is 5.92 Å². The van der Waals surface area contributed by atoms with E-state index in [2.05, 4.69) is 34.8 Å². The van der Waals surface area contributed by atoms with E-state index in [4.69, 9.17) is 5.73 Å². The van der Waals surface area contributed by atoms with Crippen LogP contribution in [0.2, 0.25) is 0 Å². The molecule has 0 aromatic carbocycles. The second-order valence-electron chi connectivity index (χ2n) is 3.63. The molecule has 0 spiro atoms. The van der Waals surface area contributed by atoms with Gasteiger partial charge in [-0.25, -0.2) is 4.98 Å². The Labute approximate surface area is 91.1 Å². The molecule has 0 saturated heterocycles. The molecule has 2 aromatic heterocycles. The van der Waals surface area contributed by atoms with Crippen LogP contribution in [-0.2, 0) is 0 Å². The van der Waals surface area contributed by atoms with Crippen LogP contribution in [0.1, 0.15) is 25.5 Å². The van der Waals surface area contributed by atoms with Crippen molar-refractivity contribution in [1.82, 2.24) is 9.38 Å². The standard InChI is InChI=1S/C10H12BrN3/c1-6(2)9-10(11)14-4-3-7(12)5-8(14)13-9/h3-6H,12H2,1-2H3. The zero-order chi connectivity index (χ0) is 10.3. The molecule has 2 N–H and O–H groups in total. The maximum atomic E-state index is 5.69. The smallest absolute Gasteiger partial charge is 0.139 e. The fraction of sp³-hybridized carbons (Fsp3) is 0.300. The highest BCUT2D eigenvalue weighted by atomic mass is 79.9. The molecule has 0 fully saturated rings. The van der Waals surface area contributed by atoms with E-state index in [-0.39, 0.29) is 0 Å². The maximum absolute atomic E-state index is 5.69. The third-order valence-corrected chi connectivity index (χ3v) is 2.95. The lowest BCUT2D eigenvalue weighted by molar-refractivity contribution is 0.826. The van der Waals surface area contributed by atoms with E-state index in [0.717, 1.165) is 21.6 Å². The Morgan fingerprint density at radius 3 is 2.86 bits per heavy atom. The van der Waals surface area contributed by atoms with Gasteiger partial charge in [0.15, 0.2) is 0 Å². The molecule has 0 atom stereocenters. The van der Waals surface area contributed by atoms with Crippen molar-refractivity contribution in [2.45, 2.75) is 19.8 Å². The Morgan fingerprint density at radius 1 is 1.50 bits per heavy atom. The first-order valence-corrected chi connectivity index (χ1v) is 5.32. The van der Waals surface area contributed by atoms with Gasteiger partial charge in [-0.2, -0.15) is 0 Å². The summed E-state index contributed by atoms with van der Waals surface area (Å²) in [5.74, 6) is 0.408. The SMILES string of the molecule is CC(C)c1nc2cc(N)ccn2c1Br. The van der Waals surface area contributed by atoms with Crippen LogP contribution in [0, 0.1) is 0 Å². The van der Waals surface area contributed by atoms with Crippen molar-refractivity contribution < 1.29 is 0 Å². The summed E-state index contributed by atoms with van der Waals surface area (Å²) in [4.78, 5) is 4.51. The summed E-state index contributed by atoms with van der Waals surface area (Å²) in [6, 6.07) is 3.74. The molecule has 0 bridgehead atoms. The number of halogens is 1. The normalized spacial score (nSPS) is 11.4. The number of nitrogens with zero attached hydrogens (tertiary/aromatic N) is 2. The van der Waals surface area contributed by atoms with Gasteiger partial charge in [-0.3, -0.25) is 4.40 Å². The number of nitrogens with two attached hydrogens (primary N) is 1. The number of hydrogen-bond donors (Lipinski definition) is 1. The van der Waals surface area contributed by atoms with Crippen LogP contribution in [0.4, 0.5) is 5.69 Å². The van der Waals surface area contributed by atoms with Crippen LogP contribution < -0.4 is 5.73 Å². The number of anilines is 1. The Hall–Kier alpha value is -1.03. The van der Waals surface area contributed by atoms with Crippen LogP contribution in [0.5, 0.6) is 0 Å². The first-order chi connectivity index (χ1) is 6.59. The van der Waals surface area contributed by atoms with Crippen molar-refractivity contribution in [1.29, 1.82) is 0 Å². The van der Waals surface area contributed by atoms with Gasteiger partial charge < -0.3 is 5.73 Å². The number of nitrogen functional groups attached to an aromatic ring is 1. The molecular weight excluding hydrogens is 242 g/mol. The third-order valence-electron chi connectivity index (χ3n) is 2.16. The molecule has 74 valence electrons. The highest BCUT2D eigenvalue weighted by Crippen LogP contribution is 2.25. The van der Waals surface area contributed by atoms with Crippen LogP contribution in [-0.4, -0.2) is 9.38 Å². The molecule has 0 aliphatic heterocycles. The molecule has 0 unspecified atom stereocenters. The number of aromatic nitrogens is 2. The lowest BCUT2D eigenvalue weighted by Crippen LogP contribution is -1.89. The van der Waals surface area contributed by atoms with E-state index < -0.39 is 0 Å². The molecule has 0 amide bonds. The average Bonchev–Trinajstić information content (AvgIpc) is 2.43. The molecule has 4 heteroatoms. The fourth-order valence-electron chi connectivity index (χ4n) is 1.42. The van der Waals surface area contributed by atoms with Gasteiger partial charge in [-0.05, 0) is 27.9 Å². The molecule has 0 saturated carbocycles. The topological polar surface area (TPSA) is 43.3 Å². The maximum Gasteiger partial charge on any atom is 0.139 e. The van der Waals surface area contributed by atoms with Gasteiger partial charge in [0.25, 0.3) is 0 Å². The average molecular weight is 254 g/mol. The summed E-state index contributed by atoms with van der Waals surface area (Å²) in [6.07, 6.45) is 1.92. The first kappa shape index (κ1) is 9.52. The van der Waals surface area contributed by atoms with Gasteiger partial charge in [0.1, 0.15) is 10.3 Å². The number of rotatable bonds is 1. The molecular formula is C10H12BrN3. The largest absolute Gasteiger partial charge is 0.399 e. The molecule has 2 heterocycles. The summed E-state index contributed by atoms with van der Waals surface area (Å²) < 4.78 is 3.01. The van der Waals surface area contributed by atoms with Crippen molar-refractivity contribution in [2.24, 2.45) is 0 Å². The van der Waals surface area contributed by atoms with Gasteiger partial charge in [-0.1, -0.05) is 13.8 Å². The Kier molecular flexibility index (Phi) is 2.23. The van der Waals surface area contributed by atoms with E-state index in [1.807, 2.05) is 22.7 Å². The quantitative estimate of drug-likeness (QED) is 0.850. The summed E-state index contributed by atoms with van der Waals surface area (Å²) in [5, 5.41) is 0. The second kappa shape index (κ2) is 3.28. The van der Waals surface area contributed by atoms with E-state index >= 15 is 0 Å². The Bertz CT molecular complexity index is 473. The van der Waals surface area contributed by atoms with Gasteiger partial charge in [-0.15, -0.1) is 0 Å². The number of imidazole rings is 1. The van der Waals surface area contributed by atoms with Crippen LogP contribution in [0.15, 0.2) is 22.9 Å². The van der Waals surface area contributed by atoms with E-state index in [1.54, 1.807) is 0 Å². The lowest BCUT2D eigenvalue weighted by Gasteiger charge is -1.99. The van der Waals surface area contributed by atoms with Crippen LogP contribution in [0.25, 0.3) is 5.65 Å². The summed E-state index contributed by atoms with van der Waals surface area (Å²) in [6.45, 7) is 4.24. The number of fused-ring (bicyclic) bond motifs is 1. The summed E-state index contributed by atoms with van der Waals surface area (Å²) >= 11 is 3.54. The predicted octanol–water partition coefficient (Wildman–Crippen LogP) is 2.80. The van der Waals surface area contributed by atoms with Crippen molar-refractivity contribution in [3.63, 3.8) is 0 Å². The lowest BCUT2D eigenvalue weighted by atomic mass is 10.2. The highest BCUT2D eigenvalue weighted by Gasteiger charge is 2.12. The van der Waals surface area contributed by atoms with Crippen molar-refractivity contribution in [3.8, 4) is 0 Å². The van der Waals surface area contributed by atoms with E-state index in [1.165, 1.54) is 0 Å². The van der Waals surface area contributed by atoms with Gasteiger partial charge in [0, 0.05) is 18.0 Å². The predicted molar refractivity (Wildman–Crippen MR) is 61.4 cm³/mol. The zero-order valence-electron chi connectivity index (χ0n) is 8.16. The van der Waals surface area contributed by atoms with Crippen molar-refractivity contribution >= 4 is 27.3 Å². The number of pyridine rings is 1. The van der Waals surface area contributed by atoms with Gasteiger partial charge >= 0.3 is 0 Å².